The first-order chi connectivity index (χ1) is 16.5. The number of aromatic nitrogens is 1. The minimum atomic E-state index is -4.51. The van der Waals surface area contributed by atoms with Crippen molar-refractivity contribution in [3.05, 3.63) is 94.8 Å². The quantitative estimate of drug-likeness (QED) is 0.258. The second-order valence-electron chi connectivity index (χ2n) is 7.97. The van der Waals surface area contributed by atoms with Crippen LogP contribution in [0.2, 0.25) is 0 Å². The molecule has 188 valence electrons. The van der Waals surface area contributed by atoms with Gasteiger partial charge in [0.05, 0.1) is 17.7 Å². The first-order valence-electron chi connectivity index (χ1n) is 10.7. The Kier molecular flexibility index (Phi) is 8.26. The lowest BCUT2D eigenvalue weighted by Crippen LogP contribution is -2.33. The fourth-order valence-electron chi connectivity index (χ4n) is 3.62. The van der Waals surface area contributed by atoms with Gasteiger partial charge in [-0.05, 0) is 60.5 Å². The third-order valence-corrected chi connectivity index (χ3v) is 5.41. The molecule has 0 saturated carbocycles. The number of carbonyl (C=O) groups is 1. The van der Waals surface area contributed by atoms with E-state index in [4.69, 9.17) is 4.74 Å². The van der Waals surface area contributed by atoms with Crippen LogP contribution < -0.4 is 0 Å². The van der Waals surface area contributed by atoms with Crippen molar-refractivity contribution in [1.29, 1.82) is 0 Å². The van der Waals surface area contributed by atoms with Gasteiger partial charge in [-0.25, -0.2) is 0 Å². The molecule has 0 N–H and O–H groups in total. The largest absolute Gasteiger partial charge is 0.416 e. The lowest BCUT2D eigenvalue weighted by molar-refractivity contribution is -0.138. The first kappa shape index (κ1) is 26.3. The number of carbonyl (C=O) groups excluding carboxylic acids is 1. The van der Waals surface area contributed by atoms with E-state index in [-0.39, 0.29) is 25.2 Å². The zero-order valence-corrected chi connectivity index (χ0v) is 18.9. The van der Waals surface area contributed by atoms with Crippen molar-refractivity contribution >= 4 is 5.91 Å². The molecule has 0 fully saturated rings. The highest BCUT2D eigenvalue weighted by atomic mass is 19.4. The van der Waals surface area contributed by atoms with E-state index in [1.54, 1.807) is 29.0 Å². The van der Waals surface area contributed by atoms with Crippen molar-refractivity contribution in [2.75, 3.05) is 20.3 Å². The standard InChI is InChI=1S/C25H24F6N2O2/c1-35-14-4-13-33(23(34)19-8-10-20(11-9-19)24(26,27)28)17-22-7-3-12-32(22)16-18-5-2-6-21(15-18)25(29,30)31/h2-3,5-12,15H,4,13-14,16-17H2,1H3. The second kappa shape index (κ2) is 11.0. The molecule has 0 saturated heterocycles. The van der Waals surface area contributed by atoms with Gasteiger partial charge in [-0.15, -0.1) is 0 Å². The SMILES string of the molecule is COCCCN(Cc1cccn1Cc1cccc(C(F)(F)F)c1)C(=O)c1ccc(C(F)(F)F)cc1. The van der Waals surface area contributed by atoms with Crippen LogP contribution in [0, 0.1) is 0 Å². The Morgan fingerprint density at radius 2 is 1.60 bits per heavy atom. The lowest BCUT2D eigenvalue weighted by Gasteiger charge is -2.24. The molecule has 3 aromatic rings. The maximum absolute atomic E-state index is 13.1. The van der Waals surface area contributed by atoms with Gasteiger partial charge >= 0.3 is 12.4 Å². The van der Waals surface area contributed by atoms with Crippen molar-refractivity contribution in [2.45, 2.75) is 31.9 Å². The van der Waals surface area contributed by atoms with E-state index in [1.807, 2.05) is 0 Å². The van der Waals surface area contributed by atoms with E-state index in [0.717, 1.165) is 36.4 Å². The predicted molar refractivity (Wildman–Crippen MR) is 118 cm³/mol. The highest BCUT2D eigenvalue weighted by Crippen LogP contribution is 2.30. The fraction of sp³-hybridized carbons (Fsp3) is 0.320. The van der Waals surface area contributed by atoms with Crippen molar-refractivity contribution in [1.82, 2.24) is 9.47 Å². The summed E-state index contributed by atoms with van der Waals surface area (Å²) >= 11 is 0. The summed E-state index contributed by atoms with van der Waals surface area (Å²) < 4.78 is 84.6. The molecule has 0 aliphatic rings. The van der Waals surface area contributed by atoms with Crippen LogP contribution >= 0.6 is 0 Å². The van der Waals surface area contributed by atoms with E-state index in [1.165, 1.54) is 18.1 Å². The van der Waals surface area contributed by atoms with Crippen LogP contribution in [0.15, 0.2) is 66.9 Å². The van der Waals surface area contributed by atoms with Crippen molar-refractivity contribution < 1.29 is 35.9 Å². The van der Waals surface area contributed by atoms with Gasteiger partial charge in [0.15, 0.2) is 0 Å². The minimum absolute atomic E-state index is 0.103. The van der Waals surface area contributed by atoms with Crippen LogP contribution in [0.3, 0.4) is 0 Å². The monoisotopic (exact) mass is 498 g/mol. The molecule has 0 bridgehead atoms. The predicted octanol–water partition coefficient (Wildman–Crippen LogP) is 6.25. The smallest absolute Gasteiger partial charge is 0.385 e. The summed E-state index contributed by atoms with van der Waals surface area (Å²) in [5.74, 6) is -0.457. The van der Waals surface area contributed by atoms with Crippen LogP contribution in [0.4, 0.5) is 26.3 Å². The van der Waals surface area contributed by atoms with Crippen LogP contribution in [-0.4, -0.2) is 35.6 Å². The Morgan fingerprint density at radius 1 is 0.914 bits per heavy atom. The Labute approximate surface area is 198 Å². The Bertz CT molecular complexity index is 1120. The molecule has 3 rings (SSSR count). The van der Waals surface area contributed by atoms with E-state index < -0.39 is 29.4 Å². The summed E-state index contributed by atoms with van der Waals surface area (Å²) in [6.07, 6.45) is -6.77. The third-order valence-electron chi connectivity index (χ3n) is 5.41. The fourth-order valence-corrected chi connectivity index (χ4v) is 3.62. The molecular formula is C25H24F6N2O2. The summed E-state index contributed by atoms with van der Waals surface area (Å²) in [4.78, 5) is 14.6. The number of ether oxygens (including phenoxy) is 1. The van der Waals surface area contributed by atoms with Gasteiger partial charge in [0.2, 0.25) is 0 Å². The van der Waals surface area contributed by atoms with Gasteiger partial charge in [-0.2, -0.15) is 26.3 Å². The average Bonchev–Trinajstić information content (AvgIpc) is 3.23. The normalized spacial score (nSPS) is 12.1. The van der Waals surface area contributed by atoms with Crippen LogP contribution in [0.1, 0.15) is 39.2 Å². The van der Waals surface area contributed by atoms with Crippen molar-refractivity contribution in [2.24, 2.45) is 0 Å². The first-order valence-corrected chi connectivity index (χ1v) is 10.7. The molecule has 0 radical (unpaired) electrons. The van der Waals surface area contributed by atoms with Gasteiger partial charge in [0, 0.05) is 44.3 Å². The number of halogens is 6. The highest BCUT2D eigenvalue weighted by molar-refractivity contribution is 5.94. The molecular weight excluding hydrogens is 474 g/mol. The molecule has 0 spiro atoms. The maximum Gasteiger partial charge on any atom is 0.416 e. The zero-order valence-electron chi connectivity index (χ0n) is 18.9. The molecule has 1 heterocycles. The Balaban J connectivity index is 1.81. The van der Waals surface area contributed by atoms with E-state index in [2.05, 4.69) is 0 Å². The molecule has 35 heavy (non-hydrogen) atoms. The van der Waals surface area contributed by atoms with Crippen LogP contribution in [0.25, 0.3) is 0 Å². The van der Waals surface area contributed by atoms with E-state index in [0.29, 0.717) is 24.3 Å². The van der Waals surface area contributed by atoms with E-state index >= 15 is 0 Å². The minimum Gasteiger partial charge on any atom is -0.385 e. The van der Waals surface area contributed by atoms with Crippen LogP contribution in [-0.2, 0) is 30.2 Å². The Hall–Kier alpha value is -3.27. The average molecular weight is 498 g/mol. The molecule has 4 nitrogen and oxygen atoms in total. The molecule has 1 amide bonds. The lowest BCUT2D eigenvalue weighted by atomic mass is 10.1. The van der Waals surface area contributed by atoms with Crippen molar-refractivity contribution in [3.63, 3.8) is 0 Å². The van der Waals surface area contributed by atoms with E-state index in [9.17, 15) is 31.1 Å². The molecule has 1 aromatic heterocycles. The Morgan fingerprint density at radius 3 is 2.23 bits per heavy atom. The number of rotatable bonds is 9. The van der Waals surface area contributed by atoms with Crippen molar-refractivity contribution in [3.8, 4) is 0 Å². The molecule has 0 atom stereocenters. The maximum atomic E-state index is 13.1. The number of alkyl halides is 6. The number of benzene rings is 2. The summed E-state index contributed by atoms with van der Waals surface area (Å²) in [5.41, 5.74) is -0.388. The number of hydrogen-bond acceptors (Lipinski definition) is 2. The van der Waals surface area contributed by atoms with Gasteiger partial charge in [-0.1, -0.05) is 12.1 Å². The number of hydrogen-bond donors (Lipinski definition) is 0. The van der Waals surface area contributed by atoms with Crippen LogP contribution in [0.5, 0.6) is 0 Å². The topological polar surface area (TPSA) is 34.5 Å². The molecule has 0 aliphatic carbocycles. The van der Waals surface area contributed by atoms with Gasteiger partial charge in [0.1, 0.15) is 0 Å². The highest BCUT2D eigenvalue weighted by Gasteiger charge is 2.31. The number of methoxy groups -OCH3 is 1. The summed E-state index contributed by atoms with van der Waals surface area (Å²) in [5, 5.41) is 0. The number of amides is 1. The molecule has 2 aromatic carbocycles. The second-order valence-corrected chi connectivity index (χ2v) is 7.97. The zero-order chi connectivity index (χ0) is 25.6. The van der Waals surface area contributed by atoms with Gasteiger partial charge in [0.25, 0.3) is 5.91 Å². The van der Waals surface area contributed by atoms with Gasteiger partial charge in [-0.3, -0.25) is 4.79 Å². The summed E-state index contributed by atoms with van der Waals surface area (Å²) in [6, 6.07) is 12.5. The molecule has 0 aliphatic heterocycles. The summed E-state index contributed by atoms with van der Waals surface area (Å²) in [7, 11) is 1.52. The summed E-state index contributed by atoms with van der Waals surface area (Å²) in [6.45, 7) is 0.937. The number of nitrogens with zero attached hydrogens (tertiary/aromatic N) is 2. The third kappa shape index (κ3) is 7.11. The molecule has 10 heteroatoms. The van der Waals surface area contributed by atoms with Gasteiger partial charge < -0.3 is 14.2 Å². The molecule has 0 unspecified atom stereocenters.